The minimum absolute atomic E-state index is 0.00510. The predicted molar refractivity (Wildman–Crippen MR) is 75.0 cm³/mol. The van der Waals surface area contributed by atoms with Crippen LogP contribution in [-0.2, 0) is 6.18 Å². The Morgan fingerprint density at radius 1 is 1.35 bits per heavy atom. The van der Waals surface area contributed by atoms with E-state index in [4.69, 9.17) is 17.3 Å². The molecule has 0 spiro atoms. The molecule has 1 aromatic rings. The molecule has 1 aromatic heterocycles. The van der Waals surface area contributed by atoms with Gasteiger partial charge in [0, 0.05) is 19.3 Å². The van der Waals surface area contributed by atoms with Gasteiger partial charge in [0.25, 0.3) is 0 Å². The van der Waals surface area contributed by atoms with Crippen LogP contribution in [0.15, 0.2) is 12.3 Å². The average Bonchev–Trinajstić information content (AvgIpc) is 2.35. The Morgan fingerprint density at radius 2 is 1.95 bits per heavy atom. The summed E-state index contributed by atoms with van der Waals surface area (Å²) in [4.78, 5) is 5.70. The highest BCUT2D eigenvalue weighted by molar-refractivity contribution is 6.33. The van der Waals surface area contributed by atoms with Crippen molar-refractivity contribution < 1.29 is 13.2 Å². The zero-order valence-corrected chi connectivity index (χ0v) is 12.5. The van der Waals surface area contributed by atoms with Gasteiger partial charge in [0.2, 0.25) is 0 Å². The maximum absolute atomic E-state index is 12.6. The fraction of sp³-hybridized carbons (Fsp3) is 0.615. The highest BCUT2D eigenvalue weighted by atomic mass is 35.5. The van der Waals surface area contributed by atoms with Crippen molar-refractivity contribution in [3.8, 4) is 0 Å². The third kappa shape index (κ3) is 4.24. The lowest BCUT2D eigenvalue weighted by Crippen LogP contribution is -2.39. The van der Waals surface area contributed by atoms with E-state index < -0.39 is 11.7 Å². The summed E-state index contributed by atoms with van der Waals surface area (Å²) >= 11 is 5.95. The summed E-state index contributed by atoms with van der Waals surface area (Å²) in [5.41, 5.74) is 4.65. The minimum Gasteiger partial charge on any atom is -0.355 e. The maximum Gasteiger partial charge on any atom is 0.417 e. The number of anilines is 1. The second-order valence-corrected chi connectivity index (χ2v) is 5.82. The van der Waals surface area contributed by atoms with Crippen molar-refractivity contribution in [1.29, 1.82) is 0 Å². The molecule has 20 heavy (non-hydrogen) atoms. The normalized spacial score (nSPS) is 12.6. The quantitative estimate of drug-likeness (QED) is 0.904. The van der Waals surface area contributed by atoms with E-state index in [9.17, 15) is 13.2 Å². The van der Waals surface area contributed by atoms with Gasteiger partial charge in [-0.05, 0) is 24.9 Å². The Labute approximate surface area is 121 Å². The molecule has 0 saturated carbocycles. The Hall–Kier alpha value is -1.01. The molecule has 0 aromatic carbocycles. The summed E-state index contributed by atoms with van der Waals surface area (Å²) in [6, 6.07) is 0.905. The molecule has 2 N–H and O–H groups in total. The van der Waals surface area contributed by atoms with E-state index in [2.05, 4.69) is 4.98 Å². The maximum atomic E-state index is 12.6. The number of aromatic nitrogens is 1. The molecule has 7 heteroatoms. The van der Waals surface area contributed by atoms with Crippen LogP contribution in [0.2, 0.25) is 5.02 Å². The molecule has 0 aliphatic carbocycles. The van der Waals surface area contributed by atoms with Crippen molar-refractivity contribution in [2.75, 3.05) is 24.5 Å². The number of alkyl halides is 3. The fourth-order valence-corrected chi connectivity index (χ4v) is 2.02. The minimum atomic E-state index is -4.44. The molecule has 0 bridgehead atoms. The van der Waals surface area contributed by atoms with E-state index in [1.165, 1.54) is 0 Å². The van der Waals surface area contributed by atoms with Gasteiger partial charge >= 0.3 is 6.18 Å². The molecule has 1 rings (SSSR count). The Kier molecular flexibility index (Phi) is 5.27. The van der Waals surface area contributed by atoms with E-state index in [1.807, 2.05) is 25.7 Å². The van der Waals surface area contributed by atoms with Crippen LogP contribution in [0, 0.1) is 5.41 Å². The van der Waals surface area contributed by atoms with Gasteiger partial charge < -0.3 is 10.6 Å². The predicted octanol–water partition coefficient (Wildman–Crippen LogP) is 3.57. The molecular weight excluding hydrogens is 291 g/mol. The lowest BCUT2D eigenvalue weighted by atomic mass is 9.93. The lowest BCUT2D eigenvalue weighted by molar-refractivity contribution is -0.137. The van der Waals surface area contributed by atoms with Crippen molar-refractivity contribution in [2.45, 2.75) is 26.9 Å². The summed E-state index contributed by atoms with van der Waals surface area (Å²) < 4.78 is 37.7. The standard InChI is InChI=1S/C13H19ClF3N3/c1-4-20(8-12(2,3)7-18)11-10(14)5-9(6-19-11)13(15,16)17/h5-6H,4,7-8,18H2,1-3H3. The molecule has 0 aliphatic rings. The summed E-state index contributed by atoms with van der Waals surface area (Å²) in [5, 5.41) is -0.00510. The first kappa shape index (κ1) is 17.0. The average molecular weight is 310 g/mol. The second kappa shape index (κ2) is 6.18. The van der Waals surface area contributed by atoms with Gasteiger partial charge in [-0.2, -0.15) is 13.2 Å². The molecule has 0 saturated heterocycles. The highest BCUT2D eigenvalue weighted by Gasteiger charge is 2.32. The van der Waals surface area contributed by atoms with Gasteiger partial charge in [0.15, 0.2) is 0 Å². The smallest absolute Gasteiger partial charge is 0.355 e. The van der Waals surface area contributed by atoms with Crippen molar-refractivity contribution in [3.63, 3.8) is 0 Å². The summed E-state index contributed by atoms with van der Waals surface area (Å²) in [6.45, 7) is 7.46. The second-order valence-electron chi connectivity index (χ2n) is 5.41. The number of rotatable bonds is 5. The van der Waals surface area contributed by atoms with Gasteiger partial charge in [-0.15, -0.1) is 0 Å². The van der Waals surface area contributed by atoms with Crippen LogP contribution < -0.4 is 10.6 Å². The fourth-order valence-electron chi connectivity index (χ4n) is 1.74. The van der Waals surface area contributed by atoms with Crippen molar-refractivity contribution >= 4 is 17.4 Å². The SMILES string of the molecule is CCN(CC(C)(C)CN)c1ncc(C(F)(F)F)cc1Cl. The Bertz CT molecular complexity index is 461. The summed E-state index contributed by atoms with van der Waals surface area (Å²) in [5.74, 6) is 0.351. The number of nitrogens with two attached hydrogens (primary N) is 1. The Balaban J connectivity index is 3.06. The van der Waals surface area contributed by atoms with Gasteiger partial charge in [-0.1, -0.05) is 25.4 Å². The van der Waals surface area contributed by atoms with Crippen LogP contribution in [0.5, 0.6) is 0 Å². The summed E-state index contributed by atoms with van der Waals surface area (Å²) in [6.07, 6.45) is -3.64. The monoisotopic (exact) mass is 309 g/mol. The van der Waals surface area contributed by atoms with Gasteiger partial charge in [0.05, 0.1) is 10.6 Å². The number of pyridine rings is 1. The number of halogens is 4. The van der Waals surface area contributed by atoms with Gasteiger partial charge in [-0.25, -0.2) is 4.98 Å². The molecule has 0 amide bonds. The van der Waals surface area contributed by atoms with Crippen molar-refractivity contribution in [3.05, 3.63) is 22.8 Å². The number of hydrogen-bond acceptors (Lipinski definition) is 3. The topological polar surface area (TPSA) is 42.1 Å². The van der Waals surface area contributed by atoms with E-state index in [0.717, 1.165) is 12.3 Å². The molecule has 0 aliphatic heterocycles. The molecule has 3 nitrogen and oxygen atoms in total. The summed E-state index contributed by atoms with van der Waals surface area (Å²) in [7, 11) is 0. The van der Waals surface area contributed by atoms with E-state index in [0.29, 0.717) is 25.5 Å². The highest BCUT2D eigenvalue weighted by Crippen LogP contribution is 2.34. The zero-order valence-electron chi connectivity index (χ0n) is 11.8. The van der Waals surface area contributed by atoms with E-state index in [-0.39, 0.29) is 10.4 Å². The molecule has 0 fully saturated rings. The number of hydrogen-bond donors (Lipinski definition) is 1. The molecular formula is C13H19ClF3N3. The van der Waals surface area contributed by atoms with Crippen LogP contribution in [-0.4, -0.2) is 24.6 Å². The van der Waals surface area contributed by atoms with Crippen molar-refractivity contribution in [1.82, 2.24) is 4.98 Å². The first-order valence-corrected chi connectivity index (χ1v) is 6.66. The molecule has 1 heterocycles. The number of nitrogens with zero attached hydrogens (tertiary/aromatic N) is 2. The van der Waals surface area contributed by atoms with E-state index in [1.54, 1.807) is 0 Å². The molecule has 0 radical (unpaired) electrons. The van der Waals surface area contributed by atoms with Crippen molar-refractivity contribution in [2.24, 2.45) is 11.1 Å². The van der Waals surface area contributed by atoms with Crippen LogP contribution in [0.1, 0.15) is 26.3 Å². The first-order chi connectivity index (χ1) is 9.10. The first-order valence-electron chi connectivity index (χ1n) is 6.28. The van der Waals surface area contributed by atoms with Crippen LogP contribution in [0.3, 0.4) is 0 Å². The van der Waals surface area contributed by atoms with Crippen LogP contribution in [0.4, 0.5) is 19.0 Å². The third-order valence-corrected chi connectivity index (χ3v) is 3.28. The van der Waals surface area contributed by atoms with Crippen LogP contribution >= 0.6 is 11.6 Å². The lowest BCUT2D eigenvalue weighted by Gasteiger charge is -2.32. The molecule has 114 valence electrons. The van der Waals surface area contributed by atoms with Crippen LogP contribution in [0.25, 0.3) is 0 Å². The zero-order chi connectivity index (χ0) is 15.6. The Morgan fingerprint density at radius 3 is 2.35 bits per heavy atom. The molecule has 0 unspecified atom stereocenters. The third-order valence-electron chi connectivity index (χ3n) is 3.00. The van der Waals surface area contributed by atoms with Gasteiger partial charge in [-0.3, -0.25) is 0 Å². The largest absolute Gasteiger partial charge is 0.417 e. The molecule has 0 atom stereocenters. The van der Waals surface area contributed by atoms with Gasteiger partial charge in [0.1, 0.15) is 5.82 Å². The van der Waals surface area contributed by atoms with E-state index >= 15 is 0 Å².